The molecule has 1 amide bonds. The van der Waals surface area contributed by atoms with Crippen molar-refractivity contribution in [1.82, 2.24) is 9.88 Å². The zero-order valence-electron chi connectivity index (χ0n) is 16.1. The number of carbonyl (C=O) groups excluding carboxylic acids is 1. The number of benzene rings is 1. The van der Waals surface area contributed by atoms with Crippen LogP contribution in [0.3, 0.4) is 0 Å². The number of aromatic nitrogens is 1. The molecule has 0 spiro atoms. The molecule has 2 aliphatic rings. The molecular weight excluding hydrogens is 356 g/mol. The van der Waals surface area contributed by atoms with Gasteiger partial charge in [-0.1, -0.05) is 36.4 Å². The van der Waals surface area contributed by atoms with Crippen molar-refractivity contribution in [3.8, 4) is 5.88 Å². The molecule has 2 saturated heterocycles. The van der Waals surface area contributed by atoms with Crippen LogP contribution in [0.1, 0.15) is 43.4 Å². The third-order valence-electron chi connectivity index (χ3n) is 5.83. The number of methoxy groups -OCH3 is 1. The van der Waals surface area contributed by atoms with Gasteiger partial charge in [-0.05, 0) is 30.9 Å². The van der Waals surface area contributed by atoms with Gasteiger partial charge in [-0.25, -0.2) is 9.78 Å². The van der Waals surface area contributed by atoms with Crippen molar-refractivity contribution in [3.05, 3.63) is 59.8 Å². The average Bonchev–Trinajstić information content (AvgIpc) is 2.72. The first kappa shape index (κ1) is 18.7. The molecule has 0 saturated carbocycles. The molecule has 1 N–H and O–H groups in total. The fourth-order valence-electron chi connectivity index (χ4n) is 4.52. The summed E-state index contributed by atoms with van der Waals surface area (Å²) in [5.41, 5.74) is 0.525. The van der Waals surface area contributed by atoms with Crippen LogP contribution in [0.4, 0.5) is 4.79 Å². The fourth-order valence-corrected chi connectivity index (χ4v) is 4.52. The van der Waals surface area contributed by atoms with E-state index < -0.39 is 5.60 Å². The maximum absolute atomic E-state index is 12.8. The number of rotatable bonds is 4. The highest BCUT2D eigenvalue weighted by Crippen LogP contribution is 2.44. The van der Waals surface area contributed by atoms with Crippen molar-refractivity contribution in [2.75, 3.05) is 7.11 Å². The molecule has 6 heteroatoms. The summed E-state index contributed by atoms with van der Waals surface area (Å²) in [6.07, 6.45) is 3.42. The number of hydrogen-bond donors (Lipinski definition) is 1. The minimum absolute atomic E-state index is 0.0474. The van der Waals surface area contributed by atoms with Gasteiger partial charge < -0.3 is 19.5 Å². The van der Waals surface area contributed by atoms with Gasteiger partial charge in [-0.2, -0.15) is 0 Å². The number of nitrogens with zero attached hydrogens (tertiary/aromatic N) is 2. The molecule has 6 nitrogen and oxygen atoms in total. The summed E-state index contributed by atoms with van der Waals surface area (Å²) in [6.45, 7) is 0.261. The Hall–Kier alpha value is -2.60. The van der Waals surface area contributed by atoms with Crippen LogP contribution in [0, 0.1) is 0 Å². The van der Waals surface area contributed by atoms with Crippen molar-refractivity contribution >= 4 is 6.09 Å². The second kappa shape index (κ2) is 7.80. The Balaban J connectivity index is 1.49. The summed E-state index contributed by atoms with van der Waals surface area (Å²) in [6, 6.07) is 15.0. The Labute approximate surface area is 165 Å². The van der Waals surface area contributed by atoms with Crippen LogP contribution in [-0.4, -0.2) is 40.3 Å². The van der Waals surface area contributed by atoms with Crippen LogP contribution in [0.15, 0.2) is 48.5 Å². The number of ether oxygens (including phenoxy) is 2. The minimum Gasteiger partial charge on any atom is -0.481 e. The molecule has 1 aromatic carbocycles. The van der Waals surface area contributed by atoms with Crippen molar-refractivity contribution < 1.29 is 19.4 Å². The summed E-state index contributed by atoms with van der Waals surface area (Å²) in [5, 5.41) is 11.4. The van der Waals surface area contributed by atoms with E-state index in [1.54, 1.807) is 13.2 Å². The lowest BCUT2D eigenvalue weighted by Gasteiger charge is -2.51. The lowest BCUT2D eigenvalue weighted by molar-refractivity contribution is -0.0920. The second-order valence-corrected chi connectivity index (χ2v) is 7.69. The maximum atomic E-state index is 12.8. The second-order valence-electron chi connectivity index (χ2n) is 7.69. The molecule has 2 aliphatic heterocycles. The zero-order chi connectivity index (χ0) is 19.6. The fraction of sp³-hybridized carbons (Fsp3) is 0.455. The summed E-state index contributed by atoms with van der Waals surface area (Å²) >= 11 is 0. The van der Waals surface area contributed by atoms with Gasteiger partial charge in [0.15, 0.2) is 0 Å². The number of hydrogen-bond acceptors (Lipinski definition) is 5. The molecule has 2 atom stereocenters. The molecule has 0 radical (unpaired) electrons. The Morgan fingerprint density at radius 3 is 2.54 bits per heavy atom. The standard InChI is InChI=1S/C22H26N2O4/c1-27-20-12-6-11-19(23-20)22(26)13-17-9-5-10-18(14-22)24(17)21(25)28-15-16-7-3-2-4-8-16/h2-4,6-8,11-12,17-18,26H,5,9-10,13-15H2,1H3. The molecule has 2 bridgehead atoms. The van der Waals surface area contributed by atoms with Gasteiger partial charge in [0, 0.05) is 31.0 Å². The van der Waals surface area contributed by atoms with E-state index in [0.717, 1.165) is 24.8 Å². The number of piperidine rings is 2. The molecule has 2 unspecified atom stereocenters. The summed E-state index contributed by atoms with van der Waals surface area (Å²) in [4.78, 5) is 19.1. The van der Waals surface area contributed by atoms with Crippen LogP contribution in [-0.2, 0) is 16.9 Å². The molecule has 2 aromatic rings. The van der Waals surface area contributed by atoms with E-state index in [1.165, 1.54) is 0 Å². The van der Waals surface area contributed by atoms with Crippen LogP contribution >= 0.6 is 0 Å². The number of aliphatic hydroxyl groups is 1. The summed E-state index contributed by atoms with van der Waals surface area (Å²) < 4.78 is 10.8. The monoisotopic (exact) mass is 382 g/mol. The molecule has 0 aliphatic carbocycles. The first-order chi connectivity index (χ1) is 13.6. The molecule has 1 aromatic heterocycles. The van der Waals surface area contributed by atoms with E-state index in [1.807, 2.05) is 47.4 Å². The van der Waals surface area contributed by atoms with E-state index in [9.17, 15) is 9.90 Å². The SMILES string of the molecule is COc1cccc(C2(O)CC3CCCC(C2)N3C(=O)OCc2ccccc2)n1. The molecule has 3 heterocycles. The summed E-state index contributed by atoms with van der Waals surface area (Å²) in [5.74, 6) is 0.487. The van der Waals surface area contributed by atoms with Gasteiger partial charge in [-0.3, -0.25) is 0 Å². The Morgan fingerprint density at radius 1 is 1.14 bits per heavy atom. The topological polar surface area (TPSA) is 71.9 Å². The number of pyridine rings is 1. The lowest BCUT2D eigenvalue weighted by Crippen LogP contribution is -2.59. The molecule has 4 rings (SSSR count). The third kappa shape index (κ3) is 3.69. The van der Waals surface area contributed by atoms with E-state index in [4.69, 9.17) is 9.47 Å². The van der Waals surface area contributed by atoms with Gasteiger partial charge in [0.05, 0.1) is 12.8 Å². The first-order valence-electron chi connectivity index (χ1n) is 9.82. The Kier molecular flexibility index (Phi) is 5.22. The van der Waals surface area contributed by atoms with E-state index in [0.29, 0.717) is 24.4 Å². The number of fused-ring (bicyclic) bond motifs is 2. The van der Waals surface area contributed by atoms with E-state index in [2.05, 4.69) is 4.98 Å². The van der Waals surface area contributed by atoms with E-state index in [-0.39, 0.29) is 24.8 Å². The van der Waals surface area contributed by atoms with E-state index >= 15 is 0 Å². The average molecular weight is 382 g/mol. The lowest BCUT2D eigenvalue weighted by atomic mass is 9.74. The number of amides is 1. The van der Waals surface area contributed by atoms with Crippen molar-refractivity contribution in [3.63, 3.8) is 0 Å². The predicted molar refractivity (Wildman–Crippen MR) is 104 cm³/mol. The highest BCUT2D eigenvalue weighted by atomic mass is 16.6. The highest BCUT2D eigenvalue weighted by Gasteiger charge is 2.49. The predicted octanol–water partition coefficient (Wildman–Crippen LogP) is 3.63. The first-order valence-corrected chi connectivity index (χ1v) is 9.82. The highest BCUT2D eigenvalue weighted by molar-refractivity contribution is 5.69. The minimum atomic E-state index is -1.06. The molecule has 148 valence electrons. The van der Waals surface area contributed by atoms with Crippen molar-refractivity contribution in [2.24, 2.45) is 0 Å². The van der Waals surface area contributed by atoms with Gasteiger partial charge in [-0.15, -0.1) is 0 Å². The van der Waals surface area contributed by atoms with Crippen LogP contribution in [0.25, 0.3) is 0 Å². The molecular formula is C22H26N2O4. The third-order valence-corrected chi connectivity index (χ3v) is 5.83. The van der Waals surface area contributed by atoms with Gasteiger partial charge in [0.2, 0.25) is 5.88 Å². The van der Waals surface area contributed by atoms with Crippen LogP contribution in [0.5, 0.6) is 5.88 Å². The molecule has 2 fully saturated rings. The van der Waals surface area contributed by atoms with Crippen molar-refractivity contribution in [2.45, 2.75) is 56.4 Å². The van der Waals surface area contributed by atoms with Gasteiger partial charge >= 0.3 is 6.09 Å². The normalized spacial score (nSPS) is 26.6. The van der Waals surface area contributed by atoms with Crippen LogP contribution < -0.4 is 4.74 Å². The smallest absolute Gasteiger partial charge is 0.410 e. The maximum Gasteiger partial charge on any atom is 0.410 e. The van der Waals surface area contributed by atoms with Gasteiger partial charge in [0.1, 0.15) is 12.2 Å². The quantitative estimate of drug-likeness (QED) is 0.874. The zero-order valence-corrected chi connectivity index (χ0v) is 16.1. The number of carbonyl (C=O) groups is 1. The molecule has 28 heavy (non-hydrogen) atoms. The Bertz CT molecular complexity index is 812. The van der Waals surface area contributed by atoms with Crippen molar-refractivity contribution in [1.29, 1.82) is 0 Å². The largest absolute Gasteiger partial charge is 0.481 e. The summed E-state index contributed by atoms with van der Waals surface area (Å²) in [7, 11) is 1.57. The van der Waals surface area contributed by atoms with Gasteiger partial charge in [0.25, 0.3) is 0 Å². The van der Waals surface area contributed by atoms with Crippen LogP contribution in [0.2, 0.25) is 0 Å². The Morgan fingerprint density at radius 2 is 1.86 bits per heavy atom.